The van der Waals surface area contributed by atoms with E-state index in [0.29, 0.717) is 24.7 Å². The Kier molecular flexibility index (Phi) is 7.62. The summed E-state index contributed by atoms with van der Waals surface area (Å²) < 4.78 is 62.2. The molecule has 5 aromatic rings. The number of rotatable bonds is 3. The first-order chi connectivity index (χ1) is 26.7. The van der Waals surface area contributed by atoms with Crippen molar-refractivity contribution in [3.63, 3.8) is 0 Å². The van der Waals surface area contributed by atoms with E-state index in [-0.39, 0.29) is 22.0 Å². The number of nitrogens with zero attached hydrogens (tertiary/aromatic N) is 2. The van der Waals surface area contributed by atoms with Gasteiger partial charge in [-0.1, -0.05) is 101 Å². The Labute approximate surface area is 326 Å². The van der Waals surface area contributed by atoms with Crippen LogP contribution < -0.4 is 19.3 Å². The van der Waals surface area contributed by atoms with Crippen molar-refractivity contribution >= 4 is 28.2 Å². The van der Waals surface area contributed by atoms with Crippen molar-refractivity contribution in [3.8, 4) is 22.6 Å². The van der Waals surface area contributed by atoms with E-state index >= 15 is 0 Å². The zero-order chi connectivity index (χ0) is 38.8. The van der Waals surface area contributed by atoms with Crippen molar-refractivity contribution in [2.75, 3.05) is 43.2 Å². The molecule has 10 rings (SSSR count). The number of benzene rings is 5. The molecule has 0 bridgehead atoms. The topological polar surface area (TPSA) is 34.2 Å². The molecule has 0 amide bonds. The fourth-order valence-electron chi connectivity index (χ4n) is 11.6. The molecular weight excluding hydrogens is 710 g/mol. The van der Waals surface area contributed by atoms with E-state index in [1.54, 1.807) is 6.07 Å². The molecule has 5 aliphatic rings. The second kappa shape index (κ2) is 12.0. The van der Waals surface area contributed by atoms with Crippen molar-refractivity contribution in [3.05, 3.63) is 125 Å². The van der Waals surface area contributed by atoms with Crippen LogP contribution in [0, 0.1) is 10.8 Å². The van der Waals surface area contributed by atoms with Crippen LogP contribution in [0.4, 0.5) is 24.5 Å². The summed E-state index contributed by atoms with van der Waals surface area (Å²) in [6.07, 6.45) is 0.770. The van der Waals surface area contributed by atoms with Crippen LogP contribution >= 0.6 is 0 Å². The van der Waals surface area contributed by atoms with Gasteiger partial charge in [-0.15, -0.1) is 0 Å². The first-order valence-electron chi connectivity index (χ1n) is 19.8. The van der Waals surface area contributed by atoms with Crippen LogP contribution in [0.15, 0.2) is 97.1 Å². The molecule has 2 atom stereocenters. The molecule has 0 aromatic heterocycles. The highest BCUT2D eigenvalue weighted by Crippen LogP contribution is 2.67. The number of ether oxygens (including phenoxy) is 3. The highest BCUT2D eigenvalue weighted by atomic mass is 19.4. The number of alkyl halides is 3. The van der Waals surface area contributed by atoms with Gasteiger partial charge in [0.25, 0.3) is 6.23 Å². The fourth-order valence-corrected chi connectivity index (χ4v) is 11.6. The molecule has 8 heteroatoms. The predicted octanol–water partition coefficient (Wildman–Crippen LogP) is 11.2. The van der Waals surface area contributed by atoms with Gasteiger partial charge in [-0.2, -0.15) is 13.2 Å². The van der Waals surface area contributed by atoms with Crippen LogP contribution in [0.25, 0.3) is 28.0 Å². The van der Waals surface area contributed by atoms with E-state index in [9.17, 15) is 13.2 Å². The molecule has 0 radical (unpaired) electrons. The summed E-state index contributed by atoms with van der Waals surface area (Å²) in [5.41, 5.74) is 7.89. The van der Waals surface area contributed by atoms with E-state index < -0.39 is 18.0 Å². The third kappa shape index (κ3) is 5.24. The molecule has 1 saturated heterocycles. The van der Waals surface area contributed by atoms with Gasteiger partial charge in [-0.3, -0.25) is 0 Å². The monoisotopic (exact) mass is 756 g/mol. The van der Waals surface area contributed by atoms with E-state index in [2.05, 4.69) is 105 Å². The molecule has 1 saturated carbocycles. The highest BCUT2D eigenvalue weighted by molar-refractivity contribution is 6.10. The van der Waals surface area contributed by atoms with Crippen LogP contribution in [-0.4, -0.2) is 45.8 Å². The Bertz CT molecular complexity index is 2400. The Balaban J connectivity index is 1.26. The normalized spacial score (nSPS) is 24.0. The molecule has 0 N–H and O–H groups in total. The molecule has 5 nitrogen and oxygen atoms in total. The van der Waals surface area contributed by atoms with Crippen LogP contribution in [0.5, 0.6) is 11.5 Å². The lowest BCUT2D eigenvalue weighted by molar-refractivity contribution is -0.189. The van der Waals surface area contributed by atoms with Gasteiger partial charge in [0.15, 0.2) is 5.60 Å². The van der Waals surface area contributed by atoms with Crippen molar-refractivity contribution in [2.45, 2.75) is 70.4 Å². The number of fused-ring (bicyclic) bond motifs is 11. The Morgan fingerprint density at radius 2 is 1.41 bits per heavy atom. The van der Waals surface area contributed by atoms with Crippen molar-refractivity contribution in [2.24, 2.45) is 10.8 Å². The number of anilines is 2. The average Bonchev–Trinajstić information content (AvgIpc) is 3.64. The first-order valence-corrected chi connectivity index (χ1v) is 19.8. The second-order valence-electron chi connectivity index (χ2n) is 18.2. The minimum Gasteiger partial charge on any atom is -0.472 e. The lowest BCUT2D eigenvalue weighted by Crippen LogP contribution is -2.44. The molecular formula is C48H47F3N2O3. The summed E-state index contributed by atoms with van der Waals surface area (Å²) in [5, 5.41) is 1.62. The second-order valence-corrected chi connectivity index (χ2v) is 18.2. The lowest BCUT2D eigenvalue weighted by atomic mass is 9.52. The minimum atomic E-state index is -4.58. The van der Waals surface area contributed by atoms with Gasteiger partial charge in [0.2, 0.25) is 0 Å². The standard InChI is InChI=1S/C48H47F3N2O3/c1-44(2)27-45(3,4)29-46(28-44)37-14-10-9-13-33(37)40-35-25-38-39(55-43(52(38)5)48(49,50)51)26-36(35)42-34(41(40)46)19-20-47(56-42,30-11-7-6-8-12-30)31-15-17-32(18-16-31)53-21-23-54-24-22-53/h6-20,25-26,43H,21-24,27-29H2,1-5H3. The predicted molar refractivity (Wildman–Crippen MR) is 217 cm³/mol. The van der Waals surface area contributed by atoms with Crippen LogP contribution in [-0.2, 0) is 15.8 Å². The van der Waals surface area contributed by atoms with Crippen LogP contribution in [0.2, 0.25) is 0 Å². The number of halogens is 3. The molecule has 3 aliphatic heterocycles. The van der Waals surface area contributed by atoms with E-state index in [1.165, 1.54) is 23.1 Å². The van der Waals surface area contributed by atoms with E-state index in [0.717, 1.165) is 76.6 Å². The zero-order valence-corrected chi connectivity index (χ0v) is 32.6. The average molecular weight is 757 g/mol. The molecule has 2 fully saturated rings. The smallest absolute Gasteiger partial charge is 0.445 e. The van der Waals surface area contributed by atoms with Crippen molar-refractivity contribution in [1.29, 1.82) is 0 Å². The number of hydrogen-bond acceptors (Lipinski definition) is 5. The van der Waals surface area contributed by atoms with Gasteiger partial charge >= 0.3 is 6.18 Å². The maximum atomic E-state index is 14.4. The quantitative estimate of drug-likeness (QED) is 0.183. The van der Waals surface area contributed by atoms with Gasteiger partial charge in [-0.05, 0) is 88.1 Å². The maximum absolute atomic E-state index is 14.4. The summed E-state index contributed by atoms with van der Waals surface area (Å²) in [6, 6.07) is 31.3. The Morgan fingerprint density at radius 3 is 2.11 bits per heavy atom. The molecule has 1 spiro atoms. The lowest BCUT2D eigenvalue weighted by Gasteiger charge is -2.52. The summed E-state index contributed by atoms with van der Waals surface area (Å²) >= 11 is 0. The van der Waals surface area contributed by atoms with Gasteiger partial charge in [0.05, 0.1) is 18.9 Å². The SMILES string of the molecule is CN1c2cc3c4c(c5c(c3cc2OC1C(F)(F)F)OC(c1ccccc1)(c1ccc(N2CCOCC2)cc1)C=C5)C1(CC(C)(C)CC(C)(C)C1)c1ccccc1-4. The summed E-state index contributed by atoms with van der Waals surface area (Å²) in [6.45, 7) is 12.6. The van der Waals surface area contributed by atoms with Gasteiger partial charge in [0.1, 0.15) is 11.5 Å². The summed E-state index contributed by atoms with van der Waals surface area (Å²) in [5.74, 6) is 0.865. The third-order valence-electron chi connectivity index (χ3n) is 13.0. The van der Waals surface area contributed by atoms with Crippen molar-refractivity contribution in [1.82, 2.24) is 0 Å². The molecule has 2 unspecified atom stereocenters. The van der Waals surface area contributed by atoms with E-state index in [4.69, 9.17) is 14.2 Å². The minimum absolute atomic E-state index is 0.0273. The Morgan fingerprint density at radius 1 is 0.750 bits per heavy atom. The van der Waals surface area contributed by atoms with Gasteiger partial charge in [0, 0.05) is 53.3 Å². The number of hydrogen-bond donors (Lipinski definition) is 0. The van der Waals surface area contributed by atoms with Crippen molar-refractivity contribution < 1.29 is 27.4 Å². The van der Waals surface area contributed by atoms with E-state index in [1.807, 2.05) is 24.3 Å². The Hall–Kier alpha value is -4.95. The molecule has 5 aromatic carbocycles. The maximum Gasteiger partial charge on any atom is 0.445 e. The molecule has 3 heterocycles. The highest BCUT2D eigenvalue weighted by Gasteiger charge is 2.56. The van der Waals surface area contributed by atoms with Crippen LogP contribution in [0.1, 0.15) is 74.8 Å². The fraction of sp³-hybridized carbons (Fsp3) is 0.375. The molecule has 56 heavy (non-hydrogen) atoms. The van der Waals surface area contributed by atoms with Gasteiger partial charge in [-0.25, -0.2) is 0 Å². The largest absolute Gasteiger partial charge is 0.472 e. The first kappa shape index (κ1) is 35.5. The molecule has 288 valence electrons. The summed E-state index contributed by atoms with van der Waals surface area (Å²) in [7, 11) is 1.47. The third-order valence-corrected chi connectivity index (χ3v) is 13.0. The van der Waals surface area contributed by atoms with Gasteiger partial charge < -0.3 is 24.0 Å². The molecule has 2 aliphatic carbocycles. The zero-order valence-electron chi connectivity index (χ0n) is 32.6. The summed E-state index contributed by atoms with van der Waals surface area (Å²) in [4.78, 5) is 3.55. The van der Waals surface area contributed by atoms with Crippen LogP contribution in [0.3, 0.4) is 0 Å². The number of morpholine rings is 1.